The number of hydrogen-bond acceptors (Lipinski definition) is 5. The van der Waals surface area contributed by atoms with Crippen LogP contribution in [0.5, 0.6) is 11.5 Å². The number of nitrogens with one attached hydrogen (secondary N) is 1. The summed E-state index contributed by atoms with van der Waals surface area (Å²) in [5, 5.41) is 13.6. The first-order valence-electron chi connectivity index (χ1n) is 10.6. The second kappa shape index (κ2) is 8.84. The minimum Gasteiger partial charge on any atom is -0.504 e. The molecule has 1 aliphatic heterocycles. The van der Waals surface area contributed by atoms with Crippen LogP contribution in [-0.2, 0) is 10.0 Å². The van der Waals surface area contributed by atoms with Crippen LogP contribution in [0.3, 0.4) is 0 Å². The third-order valence-corrected chi connectivity index (χ3v) is 8.03. The lowest BCUT2D eigenvalue weighted by Gasteiger charge is -2.38. The standard InChI is InChI=1S/C25H28N2O4S/c1-4-13-27(14-5-2)32(29,30)18-10-11-22-21(16-18)19-7-6-8-20(19)25(26-22)17-9-12-23(28)24(15-17)31-3/h4-7,9-12,15-16,19-20,25-26,28H,1-2,8,13-14H2,3H3. The predicted molar refractivity (Wildman–Crippen MR) is 127 cm³/mol. The summed E-state index contributed by atoms with van der Waals surface area (Å²) in [6, 6.07) is 10.7. The first-order chi connectivity index (χ1) is 15.4. The molecule has 32 heavy (non-hydrogen) atoms. The van der Waals surface area contributed by atoms with Gasteiger partial charge in [0, 0.05) is 24.7 Å². The van der Waals surface area contributed by atoms with Crippen LogP contribution in [0.1, 0.15) is 29.5 Å². The third kappa shape index (κ3) is 3.82. The Morgan fingerprint density at radius 2 is 1.94 bits per heavy atom. The molecule has 6 nitrogen and oxygen atoms in total. The molecule has 2 aliphatic rings. The Balaban J connectivity index is 1.72. The molecule has 0 spiro atoms. The highest BCUT2D eigenvalue weighted by atomic mass is 32.2. The van der Waals surface area contributed by atoms with Gasteiger partial charge in [-0.1, -0.05) is 30.4 Å². The van der Waals surface area contributed by atoms with Gasteiger partial charge in [-0.25, -0.2) is 8.42 Å². The molecule has 1 heterocycles. The number of phenols is 1. The van der Waals surface area contributed by atoms with Crippen molar-refractivity contribution in [2.24, 2.45) is 5.92 Å². The number of methoxy groups -OCH3 is 1. The fourth-order valence-electron chi connectivity index (χ4n) is 4.66. The Bertz CT molecular complexity index is 1160. The molecule has 0 bridgehead atoms. The topological polar surface area (TPSA) is 78.9 Å². The molecule has 1 aliphatic carbocycles. The largest absolute Gasteiger partial charge is 0.504 e. The molecule has 7 heteroatoms. The Labute approximate surface area is 189 Å². The highest BCUT2D eigenvalue weighted by Gasteiger charge is 2.39. The molecule has 168 valence electrons. The lowest BCUT2D eigenvalue weighted by Crippen LogP contribution is -2.32. The zero-order valence-corrected chi connectivity index (χ0v) is 18.9. The molecule has 0 radical (unpaired) electrons. The number of ether oxygens (including phenoxy) is 1. The maximum Gasteiger partial charge on any atom is 0.243 e. The molecule has 0 fully saturated rings. The van der Waals surface area contributed by atoms with E-state index in [0.29, 0.717) is 5.75 Å². The Morgan fingerprint density at radius 3 is 2.62 bits per heavy atom. The van der Waals surface area contributed by atoms with E-state index in [9.17, 15) is 13.5 Å². The number of hydrogen-bond donors (Lipinski definition) is 2. The van der Waals surface area contributed by atoms with E-state index in [1.807, 2.05) is 18.2 Å². The Hall–Kier alpha value is -3.03. The highest BCUT2D eigenvalue weighted by Crippen LogP contribution is 2.50. The molecule has 0 aromatic heterocycles. The summed E-state index contributed by atoms with van der Waals surface area (Å²) in [4.78, 5) is 0.269. The van der Waals surface area contributed by atoms with E-state index in [4.69, 9.17) is 4.74 Å². The van der Waals surface area contributed by atoms with Gasteiger partial charge in [-0.2, -0.15) is 4.31 Å². The molecule has 3 unspecified atom stereocenters. The molecule has 0 amide bonds. The van der Waals surface area contributed by atoms with Gasteiger partial charge in [0.2, 0.25) is 10.0 Å². The summed E-state index contributed by atoms with van der Waals surface area (Å²) >= 11 is 0. The van der Waals surface area contributed by atoms with E-state index in [-0.39, 0.29) is 41.6 Å². The van der Waals surface area contributed by atoms with Crippen molar-refractivity contribution >= 4 is 15.7 Å². The van der Waals surface area contributed by atoms with Crippen molar-refractivity contribution in [1.82, 2.24) is 4.31 Å². The maximum atomic E-state index is 13.2. The first kappa shape index (κ1) is 22.2. The van der Waals surface area contributed by atoms with E-state index in [1.54, 1.807) is 30.4 Å². The van der Waals surface area contributed by atoms with Crippen LogP contribution in [0.4, 0.5) is 5.69 Å². The number of phenolic OH excluding ortho intramolecular Hbond substituents is 1. The zero-order valence-electron chi connectivity index (χ0n) is 18.1. The number of aromatic hydroxyl groups is 1. The minimum atomic E-state index is -3.67. The molecule has 3 atom stereocenters. The van der Waals surface area contributed by atoms with E-state index in [1.165, 1.54) is 11.4 Å². The maximum absolute atomic E-state index is 13.2. The molecule has 2 aromatic rings. The van der Waals surface area contributed by atoms with Gasteiger partial charge in [-0.05, 0) is 53.8 Å². The van der Waals surface area contributed by atoms with Crippen LogP contribution in [0.25, 0.3) is 0 Å². The van der Waals surface area contributed by atoms with Gasteiger partial charge in [-0.15, -0.1) is 13.2 Å². The smallest absolute Gasteiger partial charge is 0.243 e. The minimum absolute atomic E-state index is 0.0116. The second-order valence-corrected chi connectivity index (χ2v) is 9.99. The number of nitrogens with zero attached hydrogens (tertiary/aromatic N) is 1. The van der Waals surface area contributed by atoms with Crippen LogP contribution in [-0.4, -0.2) is 38.0 Å². The number of allylic oxidation sites excluding steroid dienone is 2. The monoisotopic (exact) mass is 452 g/mol. The van der Waals surface area contributed by atoms with Crippen LogP contribution in [0.15, 0.2) is 78.8 Å². The number of rotatable bonds is 8. The molecular formula is C25H28N2O4S. The number of sulfonamides is 1. The number of benzene rings is 2. The fraction of sp³-hybridized carbons (Fsp3) is 0.280. The predicted octanol–water partition coefficient (Wildman–Crippen LogP) is 4.59. The molecule has 2 aromatic carbocycles. The number of anilines is 1. The Morgan fingerprint density at radius 1 is 1.19 bits per heavy atom. The van der Waals surface area contributed by atoms with Crippen molar-refractivity contribution in [3.05, 3.63) is 85.0 Å². The summed E-state index contributed by atoms with van der Waals surface area (Å²) in [5.41, 5.74) is 2.90. The lowest BCUT2D eigenvalue weighted by molar-refractivity contribution is 0.370. The van der Waals surface area contributed by atoms with Crippen molar-refractivity contribution in [2.45, 2.75) is 23.3 Å². The highest BCUT2D eigenvalue weighted by molar-refractivity contribution is 7.89. The van der Waals surface area contributed by atoms with E-state index < -0.39 is 10.0 Å². The first-order valence-corrected chi connectivity index (χ1v) is 12.0. The van der Waals surface area contributed by atoms with Gasteiger partial charge < -0.3 is 15.2 Å². The van der Waals surface area contributed by atoms with Gasteiger partial charge in [0.1, 0.15) is 0 Å². The third-order valence-electron chi connectivity index (χ3n) is 6.20. The SMILES string of the molecule is C=CCN(CC=C)S(=O)(=O)c1ccc2c(c1)C1C=CCC1C(c1ccc(O)c(OC)c1)N2. The number of fused-ring (bicyclic) bond motifs is 3. The fourth-order valence-corrected chi connectivity index (χ4v) is 6.08. The average molecular weight is 453 g/mol. The molecule has 0 saturated carbocycles. The molecular weight excluding hydrogens is 424 g/mol. The van der Waals surface area contributed by atoms with E-state index >= 15 is 0 Å². The van der Waals surface area contributed by atoms with Gasteiger partial charge in [0.25, 0.3) is 0 Å². The lowest BCUT2D eigenvalue weighted by atomic mass is 9.77. The normalized spacial score (nSPS) is 21.5. The van der Waals surface area contributed by atoms with Gasteiger partial charge in [0.05, 0.1) is 18.0 Å². The van der Waals surface area contributed by atoms with Crippen LogP contribution >= 0.6 is 0 Å². The van der Waals surface area contributed by atoms with Crippen molar-refractivity contribution in [2.75, 3.05) is 25.5 Å². The summed E-state index contributed by atoms with van der Waals surface area (Å²) in [5.74, 6) is 0.862. The van der Waals surface area contributed by atoms with Crippen molar-refractivity contribution < 1.29 is 18.3 Å². The summed E-state index contributed by atoms with van der Waals surface area (Å²) < 4.78 is 33.1. The van der Waals surface area contributed by atoms with Crippen molar-refractivity contribution in [3.63, 3.8) is 0 Å². The summed E-state index contributed by atoms with van der Waals surface area (Å²) in [7, 11) is -2.14. The van der Waals surface area contributed by atoms with Crippen molar-refractivity contribution in [1.29, 1.82) is 0 Å². The van der Waals surface area contributed by atoms with Crippen LogP contribution < -0.4 is 10.1 Å². The van der Waals surface area contributed by atoms with Crippen LogP contribution in [0, 0.1) is 5.92 Å². The van der Waals surface area contributed by atoms with E-state index in [2.05, 4.69) is 30.6 Å². The molecule has 4 rings (SSSR count). The van der Waals surface area contributed by atoms with Crippen LogP contribution in [0.2, 0.25) is 0 Å². The van der Waals surface area contributed by atoms with Crippen molar-refractivity contribution in [3.8, 4) is 11.5 Å². The summed E-state index contributed by atoms with van der Waals surface area (Å²) in [6.45, 7) is 7.79. The van der Waals surface area contributed by atoms with Gasteiger partial charge in [0.15, 0.2) is 11.5 Å². The summed E-state index contributed by atoms with van der Waals surface area (Å²) in [6.07, 6.45) is 8.35. The zero-order chi connectivity index (χ0) is 22.9. The Kier molecular flexibility index (Phi) is 6.13. The molecule has 2 N–H and O–H groups in total. The average Bonchev–Trinajstić information content (AvgIpc) is 3.29. The van der Waals surface area contributed by atoms with Gasteiger partial charge >= 0.3 is 0 Å². The van der Waals surface area contributed by atoms with Gasteiger partial charge in [-0.3, -0.25) is 0 Å². The second-order valence-electron chi connectivity index (χ2n) is 8.06. The van der Waals surface area contributed by atoms with E-state index in [0.717, 1.165) is 23.2 Å². The molecule has 0 saturated heterocycles. The quantitative estimate of drug-likeness (QED) is 0.573.